The normalized spacial score (nSPS) is 15.0. The van der Waals surface area contributed by atoms with Crippen LogP contribution >= 0.6 is 0 Å². The van der Waals surface area contributed by atoms with Gasteiger partial charge in [0.25, 0.3) is 0 Å². The number of methoxy groups -OCH3 is 1. The lowest BCUT2D eigenvalue weighted by atomic mass is 10.1. The summed E-state index contributed by atoms with van der Waals surface area (Å²) in [5.41, 5.74) is 2.79. The first-order valence-electron chi connectivity index (χ1n) is 9.02. The van der Waals surface area contributed by atoms with Gasteiger partial charge in [-0.1, -0.05) is 18.2 Å². The monoisotopic (exact) mass is 386 g/mol. The summed E-state index contributed by atoms with van der Waals surface area (Å²) in [6.07, 6.45) is 0.203. The SMILES string of the molecule is COC(=O)Nc1cc(NC(=O)NCCN2c3ccccc3CC2C)ccc1F. The van der Waals surface area contributed by atoms with Gasteiger partial charge in [0.2, 0.25) is 0 Å². The molecule has 3 amide bonds. The average molecular weight is 386 g/mol. The molecule has 7 nitrogen and oxygen atoms in total. The zero-order valence-corrected chi connectivity index (χ0v) is 15.8. The third kappa shape index (κ3) is 4.51. The van der Waals surface area contributed by atoms with Gasteiger partial charge in [0.15, 0.2) is 0 Å². The summed E-state index contributed by atoms with van der Waals surface area (Å²) in [5.74, 6) is -0.627. The van der Waals surface area contributed by atoms with Crippen LogP contribution in [0.25, 0.3) is 0 Å². The molecule has 3 N–H and O–H groups in total. The lowest BCUT2D eigenvalue weighted by molar-refractivity contribution is 0.187. The van der Waals surface area contributed by atoms with Gasteiger partial charge in [-0.2, -0.15) is 0 Å². The Hall–Kier alpha value is -3.29. The molecule has 2 aromatic rings. The van der Waals surface area contributed by atoms with Gasteiger partial charge >= 0.3 is 12.1 Å². The fraction of sp³-hybridized carbons (Fsp3) is 0.300. The number of para-hydroxylation sites is 1. The Morgan fingerprint density at radius 3 is 2.79 bits per heavy atom. The van der Waals surface area contributed by atoms with Crippen LogP contribution in [0, 0.1) is 5.82 Å². The zero-order chi connectivity index (χ0) is 20.1. The second-order valence-electron chi connectivity index (χ2n) is 6.57. The summed E-state index contributed by atoms with van der Waals surface area (Å²) in [6.45, 7) is 3.30. The highest BCUT2D eigenvalue weighted by Gasteiger charge is 2.24. The number of urea groups is 1. The van der Waals surface area contributed by atoms with Crippen LogP contribution in [0.1, 0.15) is 12.5 Å². The molecule has 1 heterocycles. The molecule has 0 bridgehead atoms. The molecule has 1 unspecified atom stereocenters. The number of anilines is 3. The molecule has 0 aliphatic carbocycles. The van der Waals surface area contributed by atoms with Crippen molar-refractivity contribution < 1.29 is 18.7 Å². The number of ether oxygens (including phenoxy) is 1. The highest BCUT2D eigenvalue weighted by Crippen LogP contribution is 2.31. The number of rotatable bonds is 5. The summed E-state index contributed by atoms with van der Waals surface area (Å²) >= 11 is 0. The van der Waals surface area contributed by atoms with Gasteiger partial charge in [0.05, 0.1) is 12.8 Å². The van der Waals surface area contributed by atoms with Crippen LogP contribution in [0.3, 0.4) is 0 Å². The maximum atomic E-state index is 13.7. The van der Waals surface area contributed by atoms with Crippen molar-refractivity contribution in [1.29, 1.82) is 0 Å². The molecule has 3 rings (SSSR count). The smallest absolute Gasteiger partial charge is 0.411 e. The first-order chi connectivity index (χ1) is 13.5. The molecule has 0 aromatic heterocycles. The summed E-state index contributed by atoms with van der Waals surface area (Å²) in [7, 11) is 1.18. The van der Waals surface area contributed by atoms with E-state index in [1.165, 1.54) is 30.5 Å². The summed E-state index contributed by atoms with van der Waals surface area (Å²) in [4.78, 5) is 25.7. The van der Waals surface area contributed by atoms with E-state index in [2.05, 4.69) is 44.6 Å². The molecule has 1 atom stereocenters. The minimum atomic E-state index is -0.791. The predicted molar refractivity (Wildman–Crippen MR) is 106 cm³/mol. The van der Waals surface area contributed by atoms with E-state index in [0.717, 1.165) is 12.5 Å². The molecule has 0 saturated carbocycles. The van der Waals surface area contributed by atoms with Crippen molar-refractivity contribution >= 4 is 29.2 Å². The molecular formula is C20H23FN4O3. The van der Waals surface area contributed by atoms with Crippen LogP contribution in [0.15, 0.2) is 42.5 Å². The second-order valence-corrected chi connectivity index (χ2v) is 6.57. The number of carbonyl (C=O) groups is 2. The first-order valence-corrected chi connectivity index (χ1v) is 9.02. The van der Waals surface area contributed by atoms with Crippen molar-refractivity contribution in [1.82, 2.24) is 5.32 Å². The molecule has 28 heavy (non-hydrogen) atoms. The number of halogens is 1. The first kappa shape index (κ1) is 19.5. The van der Waals surface area contributed by atoms with Crippen LogP contribution in [0.4, 0.5) is 31.0 Å². The third-order valence-corrected chi connectivity index (χ3v) is 4.63. The van der Waals surface area contributed by atoms with Gasteiger partial charge < -0.3 is 20.3 Å². The fourth-order valence-corrected chi connectivity index (χ4v) is 3.30. The largest absolute Gasteiger partial charge is 0.453 e. The maximum Gasteiger partial charge on any atom is 0.411 e. The molecular weight excluding hydrogens is 363 g/mol. The highest BCUT2D eigenvalue weighted by atomic mass is 19.1. The van der Waals surface area contributed by atoms with Crippen LogP contribution in [0.2, 0.25) is 0 Å². The van der Waals surface area contributed by atoms with E-state index < -0.39 is 17.9 Å². The van der Waals surface area contributed by atoms with Crippen molar-refractivity contribution in [3.8, 4) is 0 Å². The van der Waals surface area contributed by atoms with Crippen LogP contribution in [-0.2, 0) is 11.2 Å². The number of carbonyl (C=O) groups excluding carboxylic acids is 2. The fourth-order valence-electron chi connectivity index (χ4n) is 3.30. The average Bonchev–Trinajstić information content (AvgIpc) is 3.00. The number of fused-ring (bicyclic) bond motifs is 1. The van der Waals surface area contributed by atoms with E-state index in [9.17, 15) is 14.0 Å². The van der Waals surface area contributed by atoms with Crippen molar-refractivity contribution in [3.05, 3.63) is 53.8 Å². The van der Waals surface area contributed by atoms with Gasteiger partial charge in [-0.3, -0.25) is 5.32 Å². The van der Waals surface area contributed by atoms with Gasteiger partial charge in [-0.05, 0) is 43.2 Å². The Kier molecular flexibility index (Phi) is 5.98. The van der Waals surface area contributed by atoms with Gasteiger partial charge in [0.1, 0.15) is 5.82 Å². The molecule has 148 valence electrons. The quantitative estimate of drug-likeness (QED) is 0.734. The number of hydrogen-bond acceptors (Lipinski definition) is 4. The Morgan fingerprint density at radius 1 is 1.21 bits per heavy atom. The van der Waals surface area contributed by atoms with E-state index >= 15 is 0 Å². The molecule has 1 aliphatic rings. The molecule has 1 aliphatic heterocycles. The van der Waals surface area contributed by atoms with Gasteiger partial charge in [0, 0.05) is 30.5 Å². The van der Waals surface area contributed by atoms with Crippen molar-refractivity contribution in [2.24, 2.45) is 0 Å². The zero-order valence-electron chi connectivity index (χ0n) is 15.8. The number of benzene rings is 2. The summed E-state index contributed by atoms with van der Waals surface area (Å²) in [6, 6.07) is 12.1. The summed E-state index contributed by atoms with van der Waals surface area (Å²) < 4.78 is 18.2. The predicted octanol–water partition coefficient (Wildman–Crippen LogP) is 3.58. The van der Waals surface area contributed by atoms with Crippen molar-refractivity contribution in [2.75, 3.05) is 35.7 Å². The Balaban J connectivity index is 1.52. The molecule has 0 spiro atoms. The number of nitrogens with zero attached hydrogens (tertiary/aromatic N) is 1. The molecule has 0 saturated heterocycles. The molecule has 0 radical (unpaired) electrons. The lowest BCUT2D eigenvalue weighted by Gasteiger charge is -2.25. The standard InChI is InChI=1S/C20H23FN4O3/c1-13-11-14-5-3-4-6-18(14)25(13)10-9-22-19(26)23-15-7-8-16(21)17(12-15)24-20(27)28-2/h3-8,12-13H,9-11H2,1-2H3,(H,24,27)(H2,22,23,26). The maximum absolute atomic E-state index is 13.7. The second kappa shape index (κ2) is 8.60. The van der Waals surface area contributed by atoms with E-state index in [4.69, 9.17) is 0 Å². The number of hydrogen-bond donors (Lipinski definition) is 3. The third-order valence-electron chi connectivity index (χ3n) is 4.63. The van der Waals surface area contributed by atoms with E-state index in [-0.39, 0.29) is 5.69 Å². The topological polar surface area (TPSA) is 82.7 Å². The molecule has 8 heteroatoms. The van der Waals surface area contributed by atoms with Crippen LogP contribution < -0.4 is 20.9 Å². The number of amides is 3. The Labute approximate surface area is 162 Å². The Bertz CT molecular complexity index is 874. The molecule has 2 aromatic carbocycles. The van der Waals surface area contributed by atoms with Crippen LogP contribution in [-0.4, -0.2) is 38.4 Å². The van der Waals surface area contributed by atoms with Gasteiger partial charge in [-0.15, -0.1) is 0 Å². The number of nitrogens with one attached hydrogen (secondary N) is 3. The van der Waals surface area contributed by atoms with E-state index in [1.54, 1.807) is 0 Å². The lowest BCUT2D eigenvalue weighted by Crippen LogP contribution is -2.39. The van der Waals surface area contributed by atoms with E-state index in [1.807, 2.05) is 12.1 Å². The minimum Gasteiger partial charge on any atom is -0.453 e. The highest BCUT2D eigenvalue weighted by molar-refractivity contribution is 5.91. The van der Waals surface area contributed by atoms with Gasteiger partial charge in [-0.25, -0.2) is 14.0 Å². The van der Waals surface area contributed by atoms with Crippen molar-refractivity contribution in [3.63, 3.8) is 0 Å². The van der Waals surface area contributed by atoms with Crippen molar-refractivity contribution in [2.45, 2.75) is 19.4 Å². The van der Waals surface area contributed by atoms with E-state index in [0.29, 0.717) is 24.8 Å². The van der Waals surface area contributed by atoms with Crippen LogP contribution in [0.5, 0.6) is 0 Å². The summed E-state index contributed by atoms with van der Waals surface area (Å²) in [5, 5.41) is 7.68. The minimum absolute atomic E-state index is 0.0767. The Morgan fingerprint density at radius 2 is 2.00 bits per heavy atom. The molecule has 0 fully saturated rings.